The van der Waals surface area contributed by atoms with Gasteiger partial charge in [-0.1, -0.05) is 208 Å². The highest BCUT2D eigenvalue weighted by Crippen LogP contribution is 2.52. The molecule has 0 N–H and O–H groups in total. The fourth-order valence-corrected chi connectivity index (χ4v) is 11.6. The molecule has 3 heteroatoms. The monoisotopic (exact) mass is 891 g/mol. The van der Waals surface area contributed by atoms with E-state index >= 15 is 0 Å². The van der Waals surface area contributed by atoms with Gasteiger partial charge in [-0.25, -0.2) is 9.97 Å². The Labute approximate surface area is 406 Å². The van der Waals surface area contributed by atoms with E-state index < -0.39 is 0 Å². The molecule has 0 amide bonds. The molecule has 0 saturated heterocycles. The van der Waals surface area contributed by atoms with Gasteiger partial charge in [-0.2, -0.15) is 0 Å². The van der Waals surface area contributed by atoms with Crippen molar-refractivity contribution in [3.8, 4) is 73.0 Å². The van der Waals surface area contributed by atoms with Crippen LogP contribution in [0.1, 0.15) is 25.0 Å². The molecule has 0 radical (unpaired) electrons. The summed E-state index contributed by atoms with van der Waals surface area (Å²) < 4.78 is 2.46. The van der Waals surface area contributed by atoms with Gasteiger partial charge in [0.05, 0.1) is 22.4 Å². The lowest BCUT2D eigenvalue weighted by Crippen LogP contribution is -2.14. The van der Waals surface area contributed by atoms with E-state index in [1.54, 1.807) is 0 Å². The Hall–Kier alpha value is -8.92. The summed E-state index contributed by atoms with van der Waals surface area (Å²) in [5, 5.41) is 9.95. The fraction of sp³-hybridized carbons (Fsp3) is 0.0448. The first-order valence-electron chi connectivity index (χ1n) is 24.2. The molecule has 0 bridgehead atoms. The summed E-state index contributed by atoms with van der Waals surface area (Å²) in [5.74, 6) is 0.691. The molecule has 0 spiro atoms. The van der Waals surface area contributed by atoms with E-state index in [0.29, 0.717) is 5.82 Å². The largest absolute Gasteiger partial charge is 0.309 e. The molecule has 14 rings (SSSR count). The number of hydrogen-bond donors (Lipinski definition) is 0. The van der Waals surface area contributed by atoms with E-state index in [0.717, 1.165) is 55.9 Å². The van der Waals surface area contributed by atoms with E-state index in [2.05, 4.69) is 255 Å². The van der Waals surface area contributed by atoms with Crippen LogP contribution in [0, 0.1) is 0 Å². The zero-order valence-electron chi connectivity index (χ0n) is 38.9. The lowest BCUT2D eigenvalue weighted by molar-refractivity contribution is 0.660. The van der Waals surface area contributed by atoms with Crippen LogP contribution in [0.5, 0.6) is 0 Å². The Morgan fingerprint density at radius 2 is 0.843 bits per heavy atom. The fourth-order valence-electron chi connectivity index (χ4n) is 11.6. The van der Waals surface area contributed by atoms with Gasteiger partial charge in [0.1, 0.15) is 0 Å². The Balaban J connectivity index is 1.06. The summed E-state index contributed by atoms with van der Waals surface area (Å²) in [5.41, 5.74) is 17.8. The first-order valence-corrected chi connectivity index (χ1v) is 24.2. The summed E-state index contributed by atoms with van der Waals surface area (Å²) >= 11 is 0. The predicted molar refractivity (Wildman–Crippen MR) is 294 cm³/mol. The number of para-hydroxylation sites is 1. The van der Waals surface area contributed by atoms with E-state index in [-0.39, 0.29) is 5.41 Å². The van der Waals surface area contributed by atoms with Crippen LogP contribution >= 0.6 is 0 Å². The highest BCUT2D eigenvalue weighted by Gasteiger charge is 2.37. The van der Waals surface area contributed by atoms with Crippen LogP contribution in [-0.2, 0) is 5.41 Å². The maximum atomic E-state index is 5.51. The Kier molecular flexibility index (Phi) is 8.93. The summed E-state index contributed by atoms with van der Waals surface area (Å²) in [6.07, 6.45) is 0. The van der Waals surface area contributed by atoms with E-state index in [9.17, 15) is 0 Å². The minimum absolute atomic E-state index is 0.149. The SMILES string of the molecule is CC1(C)c2ccccc2-c2c(-c3cc(-c4cc(-c5ccc6c7ccccc7c7ccccc7c6c5)cc(-n5c6ccccc6c6ccc(-c7ccccc7)cc65)c4)nc(-c4ccccc4)n3)cccc21. The predicted octanol–water partition coefficient (Wildman–Crippen LogP) is 17.7. The maximum absolute atomic E-state index is 5.51. The van der Waals surface area contributed by atoms with Crippen LogP contribution in [-0.4, -0.2) is 14.5 Å². The van der Waals surface area contributed by atoms with E-state index in [4.69, 9.17) is 9.97 Å². The lowest BCUT2D eigenvalue weighted by atomic mass is 9.82. The number of fused-ring (bicyclic) bond motifs is 12. The van der Waals surface area contributed by atoms with Crippen molar-refractivity contribution in [3.63, 3.8) is 0 Å². The minimum Gasteiger partial charge on any atom is -0.309 e. The van der Waals surface area contributed by atoms with Crippen LogP contribution in [0.25, 0.3) is 127 Å². The summed E-state index contributed by atoms with van der Waals surface area (Å²) in [6.45, 7) is 4.68. The van der Waals surface area contributed by atoms with Crippen molar-refractivity contribution in [3.05, 3.63) is 248 Å². The summed E-state index contributed by atoms with van der Waals surface area (Å²) in [4.78, 5) is 10.9. The average Bonchev–Trinajstić information content (AvgIpc) is 3.88. The highest BCUT2D eigenvalue weighted by atomic mass is 15.0. The van der Waals surface area contributed by atoms with Crippen molar-refractivity contribution in [1.82, 2.24) is 14.5 Å². The molecule has 0 saturated carbocycles. The number of hydrogen-bond acceptors (Lipinski definition) is 2. The van der Waals surface area contributed by atoms with Gasteiger partial charge in [-0.05, 0) is 119 Å². The molecule has 0 fully saturated rings. The normalized spacial score (nSPS) is 12.8. The van der Waals surface area contributed by atoms with Gasteiger partial charge in [0, 0.05) is 38.6 Å². The Morgan fingerprint density at radius 1 is 0.314 bits per heavy atom. The molecular weight excluding hydrogens is 847 g/mol. The third-order valence-electron chi connectivity index (χ3n) is 15.0. The third kappa shape index (κ3) is 6.21. The number of rotatable bonds is 6. The maximum Gasteiger partial charge on any atom is 0.160 e. The minimum atomic E-state index is -0.149. The van der Waals surface area contributed by atoms with Gasteiger partial charge in [-0.3, -0.25) is 0 Å². The second-order valence-corrected chi connectivity index (χ2v) is 19.3. The van der Waals surface area contributed by atoms with E-state index in [1.807, 2.05) is 0 Å². The average molecular weight is 892 g/mol. The molecule has 11 aromatic carbocycles. The van der Waals surface area contributed by atoms with Crippen molar-refractivity contribution in [2.24, 2.45) is 0 Å². The zero-order valence-corrected chi connectivity index (χ0v) is 38.9. The second-order valence-electron chi connectivity index (χ2n) is 19.3. The highest BCUT2D eigenvalue weighted by molar-refractivity contribution is 6.25. The van der Waals surface area contributed by atoms with Gasteiger partial charge in [0.25, 0.3) is 0 Å². The van der Waals surface area contributed by atoms with Crippen LogP contribution in [0.4, 0.5) is 0 Å². The number of nitrogens with zero attached hydrogens (tertiary/aromatic N) is 3. The third-order valence-corrected chi connectivity index (χ3v) is 15.0. The molecule has 0 unspecified atom stereocenters. The Morgan fingerprint density at radius 3 is 1.59 bits per heavy atom. The van der Waals surface area contributed by atoms with Crippen molar-refractivity contribution >= 4 is 54.1 Å². The van der Waals surface area contributed by atoms with Crippen LogP contribution in [0.15, 0.2) is 237 Å². The van der Waals surface area contributed by atoms with Gasteiger partial charge in [0.15, 0.2) is 5.82 Å². The first kappa shape index (κ1) is 40.2. The molecule has 1 aliphatic rings. The van der Waals surface area contributed by atoms with Crippen molar-refractivity contribution in [2.75, 3.05) is 0 Å². The molecule has 0 atom stereocenters. The molecule has 328 valence electrons. The standard InChI is InChI=1S/C67H45N3/c1-67(2)59-29-15-13-27-56(59)65-57(28-17-30-60(65)67)62-41-61(68-66(69-62)43-20-7-4-8-21-43)47-36-46(44-32-34-53-51-24-10-9-22-49(51)50-23-11-12-25-52(50)58(53)39-44)37-48(38-47)70-63-31-16-14-26-54(63)55-35-33-45(40-64(55)70)42-18-5-3-6-19-42/h3-41H,1-2H3. The lowest BCUT2D eigenvalue weighted by Gasteiger charge is -2.21. The molecule has 2 heterocycles. The van der Waals surface area contributed by atoms with Gasteiger partial charge >= 0.3 is 0 Å². The van der Waals surface area contributed by atoms with Crippen molar-refractivity contribution < 1.29 is 0 Å². The van der Waals surface area contributed by atoms with Crippen molar-refractivity contribution in [1.29, 1.82) is 0 Å². The zero-order chi connectivity index (χ0) is 46.5. The van der Waals surface area contributed by atoms with Gasteiger partial charge < -0.3 is 4.57 Å². The van der Waals surface area contributed by atoms with Crippen LogP contribution in [0.2, 0.25) is 0 Å². The first-order chi connectivity index (χ1) is 34.5. The van der Waals surface area contributed by atoms with Crippen LogP contribution < -0.4 is 0 Å². The van der Waals surface area contributed by atoms with Crippen LogP contribution in [0.3, 0.4) is 0 Å². The topological polar surface area (TPSA) is 30.7 Å². The second kappa shape index (κ2) is 15.6. The molecule has 70 heavy (non-hydrogen) atoms. The quantitative estimate of drug-likeness (QED) is 0.156. The molecule has 2 aromatic heterocycles. The molecule has 3 nitrogen and oxygen atoms in total. The number of aromatic nitrogens is 3. The molecule has 13 aromatic rings. The smallest absolute Gasteiger partial charge is 0.160 e. The molecule has 1 aliphatic carbocycles. The van der Waals surface area contributed by atoms with Crippen molar-refractivity contribution in [2.45, 2.75) is 19.3 Å². The molecule has 0 aliphatic heterocycles. The number of benzene rings is 11. The van der Waals surface area contributed by atoms with E-state index in [1.165, 1.54) is 76.5 Å². The molecular formula is C67H45N3. The summed E-state index contributed by atoms with van der Waals surface area (Å²) in [7, 11) is 0. The summed E-state index contributed by atoms with van der Waals surface area (Å²) in [6, 6.07) is 86.4. The Bertz CT molecular complexity index is 4220. The van der Waals surface area contributed by atoms with Gasteiger partial charge in [-0.15, -0.1) is 0 Å². The van der Waals surface area contributed by atoms with Gasteiger partial charge in [0.2, 0.25) is 0 Å².